The van der Waals surface area contributed by atoms with Crippen LogP contribution in [0.3, 0.4) is 0 Å². The minimum Gasteiger partial charge on any atom is -0.292 e. The van der Waals surface area contributed by atoms with E-state index in [-0.39, 0.29) is 43.3 Å². The molecular formula is C19H19ClF2N4O4S. The van der Waals surface area contributed by atoms with Gasteiger partial charge in [0.05, 0.1) is 17.1 Å². The highest BCUT2D eigenvalue weighted by Crippen LogP contribution is 2.21. The first-order valence-corrected chi connectivity index (χ1v) is 11.0. The molecule has 0 bridgehead atoms. The smallest absolute Gasteiger partial charge is 0.271 e. The number of amides is 2. The number of hydrogen-bond acceptors (Lipinski definition) is 5. The molecule has 31 heavy (non-hydrogen) atoms. The van der Waals surface area contributed by atoms with Crippen LogP contribution in [0.4, 0.5) is 8.78 Å². The molecule has 8 nitrogen and oxygen atoms in total. The molecule has 3 rings (SSSR count). The number of nitrogens with one attached hydrogen (secondary N) is 2. The lowest BCUT2D eigenvalue weighted by molar-refractivity contribution is -0.123. The SMILES string of the molecule is O=C(CN1CCN(S(=O)(=O)c2cc(F)ccc2F)CC1)NNC(=O)c1ccccc1Cl. The van der Waals surface area contributed by atoms with Gasteiger partial charge in [-0.1, -0.05) is 23.7 Å². The number of halogens is 3. The van der Waals surface area contributed by atoms with E-state index in [0.29, 0.717) is 6.07 Å². The molecule has 0 aromatic heterocycles. The summed E-state index contributed by atoms with van der Waals surface area (Å²) >= 11 is 5.92. The van der Waals surface area contributed by atoms with E-state index in [1.54, 1.807) is 23.1 Å². The molecule has 1 saturated heterocycles. The Morgan fingerprint density at radius 1 is 1.00 bits per heavy atom. The van der Waals surface area contributed by atoms with Gasteiger partial charge >= 0.3 is 0 Å². The second kappa shape index (κ2) is 9.69. The zero-order valence-electron chi connectivity index (χ0n) is 16.1. The van der Waals surface area contributed by atoms with Gasteiger partial charge in [0.2, 0.25) is 10.0 Å². The predicted octanol–water partition coefficient (Wildman–Crippen LogP) is 1.39. The van der Waals surface area contributed by atoms with E-state index in [2.05, 4.69) is 10.9 Å². The molecule has 1 heterocycles. The molecule has 1 fully saturated rings. The van der Waals surface area contributed by atoms with Crippen molar-refractivity contribution in [2.45, 2.75) is 4.90 Å². The van der Waals surface area contributed by atoms with Crippen LogP contribution in [-0.2, 0) is 14.8 Å². The highest BCUT2D eigenvalue weighted by Gasteiger charge is 2.31. The van der Waals surface area contributed by atoms with Gasteiger partial charge in [0, 0.05) is 26.2 Å². The van der Waals surface area contributed by atoms with Gasteiger partial charge in [-0.15, -0.1) is 0 Å². The Balaban J connectivity index is 1.51. The summed E-state index contributed by atoms with van der Waals surface area (Å²) in [6.45, 7) is 0.296. The Labute approximate surface area is 182 Å². The van der Waals surface area contributed by atoms with Crippen molar-refractivity contribution in [2.24, 2.45) is 0 Å². The highest BCUT2D eigenvalue weighted by atomic mass is 35.5. The first kappa shape index (κ1) is 23.1. The minimum atomic E-state index is -4.20. The third-order valence-corrected chi connectivity index (χ3v) is 6.89. The van der Waals surface area contributed by atoms with Gasteiger partial charge < -0.3 is 0 Å². The van der Waals surface area contributed by atoms with Crippen LogP contribution in [0.1, 0.15) is 10.4 Å². The Kier molecular flexibility index (Phi) is 7.21. The highest BCUT2D eigenvalue weighted by molar-refractivity contribution is 7.89. The fraction of sp³-hybridized carbons (Fsp3) is 0.263. The Bertz CT molecular complexity index is 1090. The third kappa shape index (κ3) is 5.56. The normalized spacial score (nSPS) is 15.5. The molecule has 2 aromatic rings. The molecule has 1 aliphatic rings. The van der Waals surface area contributed by atoms with Crippen molar-refractivity contribution in [1.29, 1.82) is 0 Å². The topological polar surface area (TPSA) is 98.8 Å². The van der Waals surface area contributed by atoms with Gasteiger partial charge in [-0.05, 0) is 30.3 Å². The molecule has 166 valence electrons. The third-order valence-electron chi connectivity index (χ3n) is 4.64. The molecule has 1 aliphatic heterocycles. The number of rotatable bonds is 5. The van der Waals surface area contributed by atoms with Gasteiger partial charge in [0.25, 0.3) is 11.8 Å². The zero-order chi connectivity index (χ0) is 22.6. The molecular weight excluding hydrogens is 454 g/mol. The predicted molar refractivity (Wildman–Crippen MR) is 109 cm³/mol. The van der Waals surface area contributed by atoms with E-state index in [1.807, 2.05) is 0 Å². The summed E-state index contributed by atoms with van der Waals surface area (Å²) in [5, 5.41) is 0.237. The molecule has 2 N–H and O–H groups in total. The average Bonchev–Trinajstić information content (AvgIpc) is 2.74. The number of hydrogen-bond donors (Lipinski definition) is 2. The van der Waals surface area contributed by atoms with Crippen LogP contribution >= 0.6 is 11.6 Å². The van der Waals surface area contributed by atoms with Crippen molar-refractivity contribution in [3.8, 4) is 0 Å². The summed E-state index contributed by atoms with van der Waals surface area (Å²) in [5.74, 6) is -2.97. The van der Waals surface area contributed by atoms with Crippen molar-refractivity contribution in [3.05, 3.63) is 64.7 Å². The number of carbonyl (C=O) groups is 2. The van der Waals surface area contributed by atoms with Crippen molar-refractivity contribution in [2.75, 3.05) is 32.7 Å². The number of nitrogens with zero attached hydrogens (tertiary/aromatic N) is 2. The largest absolute Gasteiger partial charge is 0.292 e. The van der Waals surface area contributed by atoms with Crippen LogP contribution < -0.4 is 10.9 Å². The second-order valence-corrected chi connectivity index (χ2v) is 9.05. The molecule has 2 aromatic carbocycles. The molecule has 2 amide bonds. The molecule has 0 radical (unpaired) electrons. The lowest BCUT2D eigenvalue weighted by Gasteiger charge is -2.33. The first-order chi connectivity index (χ1) is 14.7. The second-order valence-electron chi connectivity index (χ2n) is 6.74. The van der Waals surface area contributed by atoms with E-state index in [9.17, 15) is 26.8 Å². The Morgan fingerprint density at radius 2 is 1.68 bits per heavy atom. The first-order valence-electron chi connectivity index (χ1n) is 9.20. The summed E-state index contributed by atoms with van der Waals surface area (Å²) in [6.07, 6.45) is 0. The number of hydrazine groups is 1. The van der Waals surface area contributed by atoms with Crippen LogP contribution in [0.5, 0.6) is 0 Å². The summed E-state index contributed by atoms with van der Waals surface area (Å²) in [4.78, 5) is 25.1. The van der Waals surface area contributed by atoms with E-state index in [0.717, 1.165) is 16.4 Å². The molecule has 0 unspecified atom stereocenters. The molecule has 0 aliphatic carbocycles. The summed E-state index contributed by atoms with van der Waals surface area (Å²) in [6, 6.07) is 8.60. The van der Waals surface area contributed by atoms with Gasteiger partial charge in [-0.25, -0.2) is 17.2 Å². The number of sulfonamides is 1. The van der Waals surface area contributed by atoms with Crippen LogP contribution in [0.2, 0.25) is 5.02 Å². The summed E-state index contributed by atoms with van der Waals surface area (Å²) in [7, 11) is -4.20. The Morgan fingerprint density at radius 3 is 2.35 bits per heavy atom. The fourth-order valence-electron chi connectivity index (χ4n) is 3.02. The lowest BCUT2D eigenvalue weighted by Crippen LogP contribution is -2.52. The van der Waals surface area contributed by atoms with Gasteiger partial charge in [0.1, 0.15) is 16.5 Å². The number of carbonyl (C=O) groups excluding carboxylic acids is 2. The van der Waals surface area contributed by atoms with E-state index in [1.165, 1.54) is 6.07 Å². The van der Waals surface area contributed by atoms with Crippen LogP contribution in [0.25, 0.3) is 0 Å². The molecule has 0 spiro atoms. The quantitative estimate of drug-likeness (QED) is 0.641. The monoisotopic (exact) mass is 472 g/mol. The van der Waals surface area contributed by atoms with Crippen molar-refractivity contribution >= 4 is 33.4 Å². The standard InChI is InChI=1S/C19H19ClF2N4O4S/c20-15-4-2-1-3-14(15)19(28)24-23-18(27)12-25-7-9-26(10-8-25)31(29,30)17-11-13(21)5-6-16(17)22/h1-6,11H,7-10,12H2,(H,23,27)(H,24,28). The van der Waals surface area contributed by atoms with E-state index in [4.69, 9.17) is 11.6 Å². The van der Waals surface area contributed by atoms with Crippen molar-refractivity contribution in [3.63, 3.8) is 0 Å². The van der Waals surface area contributed by atoms with Crippen molar-refractivity contribution in [1.82, 2.24) is 20.1 Å². The number of benzene rings is 2. The lowest BCUT2D eigenvalue weighted by atomic mass is 10.2. The maximum atomic E-state index is 13.9. The summed E-state index contributed by atoms with van der Waals surface area (Å²) in [5.41, 5.74) is 4.74. The molecule has 0 atom stereocenters. The molecule has 12 heteroatoms. The van der Waals surface area contributed by atoms with Gasteiger partial charge in [0.15, 0.2) is 0 Å². The van der Waals surface area contributed by atoms with E-state index < -0.39 is 38.4 Å². The van der Waals surface area contributed by atoms with Gasteiger partial charge in [-0.3, -0.25) is 25.3 Å². The van der Waals surface area contributed by atoms with Gasteiger partial charge in [-0.2, -0.15) is 4.31 Å². The molecule has 0 saturated carbocycles. The summed E-state index contributed by atoms with van der Waals surface area (Å²) < 4.78 is 53.5. The maximum absolute atomic E-state index is 13.9. The average molecular weight is 473 g/mol. The van der Waals surface area contributed by atoms with E-state index >= 15 is 0 Å². The van der Waals surface area contributed by atoms with Crippen LogP contribution in [0, 0.1) is 11.6 Å². The fourth-order valence-corrected chi connectivity index (χ4v) is 4.74. The number of piperazine rings is 1. The van der Waals surface area contributed by atoms with Crippen LogP contribution in [-0.4, -0.2) is 62.2 Å². The maximum Gasteiger partial charge on any atom is 0.271 e. The zero-order valence-corrected chi connectivity index (χ0v) is 17.7. The minimum absolute atomic E-state index is 0.00243. The van der Waals surface area contributed by atoms with Crippen LogP contribution in [0.15, 0.2) is 47.4 Å². The Hall–Kier alpha value is -2.60. The van der Waals surface area contributed by atoms with Crippen molar-refractivity contribution < 1.29 is 26.8 Å².